The average Bonchev–Trinajstić information content (AvgIpc) is 3.17. The highest BCUT2D eigenvalue weighted by Crippen LogP contribution is 2.37. The second-order valence-electron chi connectivity index (χ2n) is 6.60. The number of nitrogens with zero attached hydrogens (tertiary/aromatic N) is 3. The Kier molecular flexibility index (Phi) is 5.21. The van der Waals surface area contributed by atoms with Crippen LogP contribution >= 0.6 is 11.7 Å². The van der Waals surface area contributed by atoms with Crippen LogP contribution in [-0.4, -0.2) is 40.7 Å². The molecular weight excluding hydrogens is 427 g/mol. The van der Waals surface area contributed by atoms with Crippen molar-refractivity contribution in [3.05, 3.63) is 48.0 Å². The number of ether oxygens (including phenoxy) is 1. The van der Waals surface area contributed by atoms with Crippen LogP contribution in [0.5, 0.6) is 5.75 Å². The molecule has 1 aliphatic heterocycles. The number of fused-ring (bicyclic) bond motifs is 1. The quantitative estimate of drug-likeness (QED) is 0.611. The van der Waals surface area contributed by atoms with Crippen molar-refractivity contribution in [1.82, 2.24) is 13.1 Å². The molecule has 0 aliphatic carbocycles. The smallest absolute Gasteiger partial charge is 0.419 e. The van der Waals surface area contributed by atoms with Crippen molar-refractivity contribution < 1.29 is 26.3 Å². The van der Waals surface area contributed by atoms with Gasteiger partial charge in [0.05, 0.1) is 17.3 Å². The second kappa shape index (κ2) is 7.54. The first kappa shape index (κ1) is 20.0. The van der Waals surface area contributed by atoms with E-state index in [1.165, 1.54) is 28.6 Å². The van der Waals surface area contributed by atoms with E-state index in [4.69, 9.17) is 4.74 Å². The lowest BCUT2D eigenvalue weighted by molar-refractivity contribution is -0.139. The Balaban J connectivity index is 1.48. The normalized spacial score (nSPS) is 16.9. The first-order valence-electron chi connectivity index (χ1n) is 8.81. The summed E-state index contributed by atoms with van der Waals surface area (Å²) in [5, 5.41) is 0. The second-order valence-corrected chi connectivity index (χ2v) is 9.04. The highest BCUT2D eigenvalue weighted by atomic mass is 32.2. The number of sulfonamides is 1. The van der Waals surface area contributed by atoms with Crippen LogP contribution in [0.3, 0.4) is 0 Å². The number of benzene rings is 2. The maximum atomic E-state index is 13.1. The predicted molar refractivity (Wildman–Crippen MR) is 101 cm³/mol. The molecule has 0 bridgehead atoms. The van der Waals surface area contributed by atoms with Crippen LogP contribution in [0.2, 0.25) is 0 Å². The fraction of sp³-hybridized carbons (Fsp3) is 0.333. The lowest BCUT2D eigenvalue weighted by Gasteiger charge is -2.32. The van der Waals surface area contributed by atoms with E-state index in [-0.39, 0.29) is 36.6 Å². The van der Waals surface area contributed by atoms with Crippen molar-refractivity contribution in [3.63, 3.8) is 0 Å². The molecule has 1 aromatic heterocycles. The van der Waals surface area contributed by atoms with E-state index in [9.17, 15) is 21.6 Å². The van der Waals surface area contributed by atoms with Crippen LogP contribution in [0.15, 0.2) is 47.4 Å². The van der Waals surface area contributed by atoms with Gasteiger partial charge in [-0.3, -0.25) is 0 Å². The van der Waals surface area contributed by atoms with E-state index < -0.39 is 27.9 Å². The van der Waals surface area contributed by atoms with E-state index >= 15 is 0 Å². The molecule has 1 fully saturated rings. The highest BCUT2D eigenvalue weighted by molar-refractivity contribution is 7.89. The van der Waals surface area contributed by atoms with Gasteiger partial charge < -0.3 is 4.74 Å². The number of aromatic nitrogens is 2. The van der Waals surface area contributed by atoms with Crippen molar-refractivity contribution in [2.45, 2.75) is 30.0 Å². The number of halogens is 3. The molecule has 3 aromatic rings. The topological polar surface area (TPSA) is 72.4 Å². The molecule has 0 spiro atoms. The van der Waals surface area contributed by atoms with Gasteiger partial charge in [-0.15, -0.1) is 0 Å². The third kappa shape index (κ3) is 3.94. The molecule has 1 aliphatic rings. The molecule has 4 rings (SSSR count). The van der Waals surface area contributed by atoms with Gasteiger partial charge in [0, 0.05) is 13.1 Å². The Morgan fingerprint density at radius 2 is 1.76 bits per heavy atom. The number of hydrogen-bond donors (Lipinski definition) is 0. The van der Waals surface area contributed by atoms with Gasteiger partial charge in [-0.05, 0) is 37.1 Å². The number of para-hydroxylation sites is 1. The zero-order valence-electron chi connectivity index (χ0n) is 15.0. The zero-order valence-corrected chi connectivity index (χ0v) is 16.6. The molecule has 0 saturated carbocycles. The molecule has 2 heterocycles. The molecule has 0 radical (unpaired) electrons. The van der Waals surface area contributed by atoms with E-state index in [0.29, 0.717) is 11.0 Å². The standard InChI is InChI=1S/C18H16F3N3O3S2/c19-18(20,21)13-4-1-2-6-15(13)27-12-8-10-24(11-9-12)29(25,26)16-7-3-5-14-17(16)23-28-22-14/h1-7,12H,8-11H2. The predicted octanol–water partition coefficient (Wildman–Crippen LogP) is 3.94. The Bertz CT molecular complexity index is 1120. The van der Waals surface area contributed by atoms with E-state index in [1.54, 1.807) is 12.1 Å². The lowest BCUT2D eigenvalue weighted by Crippen LogP contribution is -2.41. The van der Waals surface area contributed by atoms with Crippen LogP contribution in [-0.2, 0) is 16.2 Å². The fourth-order valence-corrected chi connectivity index (χ4v) is 5.52. The first-order chi connectivity index (χ1) is 13.8. The van der Waals surface area contributed by atoms with Gasteiger partial charge in [0.25, 0.3) is 0 Å². The zero-order chi connectivity index (χ0) is 20.6. The van der Waals surface area contributed by atoms with Crippen molar-refractivity contribution in [2.75, 3.05) is 13.1 Å². The molecule has 0 N–H and O–H groups in total. The summed E-state index contributed by atoms with van der Waals surface area (Å²) in [7, 11) is -3.78. The van der Waals surface area contributed by atoms with Crippen LogP contribution in [0, 0.1) is 0 Å². The largest absolute Gasteiger partial charge is 0.490 e. The van der Waals surface area contributed by atoms with Crippen LogP contribution in [0.1, 0.15) is 18.4 Å². The summed E-state index contributed by atoms with van der Waals surface area (Å²) >= 11 is 0.940. The summed E-state index contributed by atoms with van der Waals surface area (Å²) in [6.45, 7) is 0.296. The summed E-state index contributed by atoms with van der Waals surface area (Å²) in [6, 6.07) is 9.82. The summed E-state index contributed by atoms with van der Waals surface area (Å²) in [4.78, 5) is 0.0885. The van der Waals surface area contributed by atoms with E-state index in [2.05, 4.69) is 8.75 Å². The number of rotatable bonds is 4. The third-order valence-electron chi connectivity index (χ3n) is 4.75. The molecule has 2 aromatic carbocycles. The molecule has 11 heteroatoms. The third-order valence-corrected chi connectivity index (χ3v) is 7.23. The average molecular weight is 443 g/mol. The minimum absolute atomic E-state index is 0.0885. The minimum Gasteiger partial charge on any atom is -0.490 e. The molecular formula is C18H16F3N3O3S2. The van der Waals surface area contributed by atoms with Crippen LogP contribution in [0.25, 0.3) is 11.0 Å². The van der Waals surface area contributed by atoms with Gasteiger partial charge in [-0.2, -0.15) is 26.2 Å². The maximum absolute atomic E-state index is 13.1. The molecule has 1 saturated heterocycles. The van der Waals surface area contributed by atoms with E-state index in [0.717, 1.165) is 17.8 Å². The Morgan fingerprint density at radius 1 is 1.03 bits per heavy atom. The number of hydrogen-bond acceptors (Lipinski definition) is 6. The number of alkyl halides is 3. The van der Waals surface area contributed by atoms with Crippen molar-refractivity contribution in [2.24, 2.45) is 0 Å². The SMILES string of the molecule is O=S(=O)(c1cccc2nsnc12)N1CCC(Oc2ccccc2C(F)(F)F)CC1. The molecule has 6 nitrogen and oxygen atoms in total. The highest BCUT2D eigenvalue weighted by Gasteiger charge is 2.36. The van der Waals surface area contributed by atoms with Gasteiger partial charge in [0.2, 0.25) is 10.0 Å². The number of piperidine rings is 1. The minimum atomic E-state index is -4.51. The monoisotopic (exact) mass is 443 g/mol. The molecule has 29 heavy (non-hydrogen) atoms. The van der Waals surface area contributed by atoms with E-state index in [1.807, 2.05) is 0 Å². The molecule has 0 atom stereocenters. The van der Waals surface area contributed by atoms with Gasteiger partial charge in [0.1, 0.15) is 27.8 Å². The van der Waals surface area contributed by atoms with Crippen molar-refractivity contribution in [3.8, 4) is 5.75 Å². The molecule has 154 valence electrons. The molecule has 0 amide bonds. The summed E-state index contributed by atoms with van der Waals surface area (Å²) in [6.07, 6.45) is -4.43. The Labute approximate surface area is 169 Å². The van der Waals surface area contributed by atoms with Crippen molar-refractivity contribution in [1.29, 1.82) is 0 Å². The van der Waals surface area contributed by atoms with Gasteiger partial charge in [-0.1, -0.05) is 18.2 Å². The van der Waals surface area contributed by atoms with Gasteiger partial charge >= 0.3 is 6.18 Å². The van der Waals surface area contributed by atoms with Crippen LogP contribution in [0.4, 0.5) is 13.2 Å². The maximum Gasteiger partial charge on any atom is 0.419 e. The summed E-state index contributed by atoms with van der Waals surface area (Å²) < 4.78 is 80.5. The first-order valence-corrected chi connectivity index (χ1v) is 11.0. The van der Waals surface area contributed by atoms with Crippen LogP contribution < -0.4 is 4.74 Å². The molecule has 0 unspecified atom stereocenters. The Hall–Kier alpha value is -2.24. The Morgan fingerprint density at radius 3 is 2.48 bits per heavy atom. The summed E-state index contributed by atoms with van der Waals surface area (Å²) in [5.74, 6) is -0.236. The van der Waals surface area contributed by atoms with Gasteiger partial charge in [-0.25, -0.2) is 8.42 Å². The fourth-order valence-electron chi connectivity index (χ4n) is 3.30. The lowest BCUT2D eigenvalue weighted by atomic mass is 10.1. The van der Waals surface area contributed by atoms with Crippen molar-refractivity contribution >= 4 is 32.8 Å². The van der Waals surface area contributed by atoms with Gasteiger partial charge in [0.15, 0.2) is 0 Å². The summed E-state index contributed by atoms with van der Waals surface area (Å²) in [5.41, 5.74) is 0.00536.